The molecule has 0 saturated heterocycles. The third-order valence-electron chi connectivity index (χ3n) is 4.79. The van der Waals surface area contributed by atoms with E-state index in [1.807, 2.05) is 0 Å². The molecule has 31 heavy (non-hydrogen) atoms. The Bertz CT molecular complexity index is 1280. The van der Waals surface area contributed by atoms with Gasteiger partial charge in [-0.25, -0.2) is 22.2 Å². The van der Waals surface area contributed by atoms with Crippen molar-refractivity contribution in [3.05, 3.63) is 47.2 Å². The minimum Gasteiger partial charge on any atom is -0.467 e. The van der Waals surface area contributed by atoms with E-state index in [1.165, 1.54) is 45.2 Å². The summed E-state index contributed by atoms with van der Waals surface area (Å²) in [6.07, 6.45) is 0. The van der Waals surface area contributed by atoms with Crippen molar-refractivity contribution in [2.75, 3.05) is 13.9 Å². The number of rotatable bonds is 6. The van der Waals surface area contributed by atoms with Crippen molar-refractivity contribution < 1.29 is 32.2 Å². The lowest BCUT2D eigenvalue weighted by Crippen LogP contribution is -2.36. The van der Waals surface area contributed by atoms with Gasteiger partial charge in [0.15, 0.2) is 17.1 Å². The fourth-order valence-electron chi connectivity index (χ4n) is 3.18. The number of hydrogen-bond donors (Lipinski definition) is 0. The van der Waals surface area contributed by atoms with Gasteiger partial charge in [0.1, 0.15) is 5.15 Å². The number of fused-ring (bicyclic) bond motifs is 2. The van der Waals surface area contributed by atoms with Gasteiger partial charge in [0, 0.05) is 6.07 Å². The fraction of sp³-hybridized carbons (Fsp3) is 0.300. The van der Waals surface area contributed by atoms with Crippen LogP contribution in [0.15, 0.2) is 41.3 Å². The molecule has 0 saturated carbocycles. The van der Waals surface area contributed by atoms with Crippen LogP contribution in [0.2, 0.25) is 5.15 Å². The van der Waals surface area contributed by atoms with Gasteiger partial charge in [-0.3, -0.25) is 0 Å². The zero-order valence-corrected chi connectivity index (χ0v) is 18.5. The standard InChI is InChI=1S/C20H19ClN2O7S/c1-20(2,19(24)27-3)30-10-12-8-14-15(5-7-18(21)22-14)23(12)31(25,26)13-4-6-16-17(9-13)29-11-28-16/h4-9H,10-11H2,1-3H3. The number of esters is 1. The van der Waals surface area contributed by atoms with Crippen molar-refractivity contribution in [1.29, 1.82) is 0 Å². The van der Waals surface area contributed by atoms with Crippen molar-refractivity contribution in [2.24, 2.45) is 0 Å². The Balaban J connectivity index is 1.82. The summed E-state index contributed by atoms with van der Waals surface area (Å²) in [5, 5.41) is 0.215. The number of ether oxygens (including phenoxy) is 4. The molecule has 1 aromatic carbocycles. The first kappa shape index (κ1) is 21.4. The molecule has 0 N–H and O–H groups in total. The molecule has 4 rings (SSSR count). The molecule has 0 aliphatic carbocycles. The molecule has 11 heteroatoms. The van der Waals surface area contributed by atoms with E-state index in [0.717, 1.165) is 3.97 Å². The molecular weight excluding hydrogens is 448 g/mol. The van der Waals surface area contributed by atoms with Gasteiger partial charge in [-0.15, -0.1) is 0 Å². The van der Waals surface area contributed by atoms with Gasteiger partial charge in [0.2, 0.25) is 6.79 Å². The molecule has 3 heterocycles. The van der Waals surface area contributed by atoms with E-state index in [0.29, 0.717) is 22.5 Å². The van der Waals surface area contributed by atoms with Crippen LogP contribution in [0.25, 0.3) is 11.0 Å². The smallest absolute Gasteiger partial charge is 0.337 e. The third-order valence-corrected chi connectivity index (χ3v) is 6.76. The molecule has 1 aliphatic heterocycles. The molecule has 0 spiro atoms. The second-order valence-corrected chi connectivity index (χ2v) is 9.42. The maximum atomic E-state index is 13.6. The molecule has 0 bridgehead atoms. The number of pyridine rings is 1. The summed E-state index contributed by atoms with van der Waals surface area (Å²) in [5.74, 6) is 0.214. The molecule has 164 valence electrons. The van der Waals surface area contributed by atoms with Crippen LogP contribution in [0.1, 0.15) is 19.5 Å². The summed E-state index contributed by atoms with van der Waals surface area (Å²) < 4.78 is 49.3. The second kappa shape index (κ2) is 7.70. The first-order valence-electron chi connectivity index (χ1n) is 9.18. The van der Waals surface area contributed by atoms with E-state index in [9.17, 15) is 13.2 Å². The van der Waals surface area contributed by atoms with Gasteiger partial charge in [-0.05, 0) is 44.2 Å². The average Bonchev–Trinajstić information content (AvgIpc) is 3.34. The third kappa shape index (κ3) is 3.82. The SMILES string of the molecule is COC(=O)C(C)(C)OCc1cc2nc(Cl)ccc2n1S(=O)(=O)c1ccc2c(c1)OCO2. The predicted octanol–water partition coefficient (Wildman–Crippen LogP) is 3.12. The van der Waals surface area contributed by atoms with Gasteiger partial charge < -0.3 is 18.9 Å². The Morgan fingerprint density at radius 2 is 1.94 bits per heavy atom. The summed E-state index contributed by atoms with van der Waals surface area (Å²) in [6.45, 7) is 2.90. The number of carbonyl (C=O) groups is 1. The lowest BCUT2D eigenvalue weighted by molar-refractivity contribution is -0.166. The first-order valence-corrected chi connectivity index (χ1v) is 11.0. The number of methoxy groups -OCH3 is 1. The zero-order valence-electron chi connectivity index (χ0n) is 16.9. The fourth-order valence-corrected chi connectivity index (χ4v) is 4.87. The molecule has 3 aromatic rings. The molecule has 9 nitrogen and oxygen atoms in total. The van der Waals surface area contributed by atoms with Crippen LogP contribution in [-0.2, 0) is 30.9 Å². The summed E-state index contributed by atoms with van der Waals surface area (Å²) in [5.41, 5.74) is -0.342. The first-order chi connectivity index (χ1) is 14.6. The number of halogens is 1. The van der Waals surface area contributed by atoms with Crippen LogP contribution < -0.4 is 9.47 Å². The Hall–Kier alpha value is -2.82. The summed E-state index contributed by atoms with van der Waals surface area (Å²) in [6, 6.07) is 8.98. The van der Waals surface area contributed by atoms with E-state index < -0.39 is 21.6 Å². The topological polar surface area (TPSA) is 106 Å². The quantitative estimate of drug-likeness (QED) is 0.403. The number of aromatic nitrogens is 2. The highest BCUT2D eigenvalue weighted by molar-refractivity contribution is 7.90. The van der Waals surface area contributed by atoms with Crippen LogP contribution in [-0.4, -0.2) is 42.8 Å². The molecule has 0 fully saturated rings. The normalized spacial score (nSPS) is 13.5. The van der Waals surface area contributed by atoms with Crippen LogP contribution in [0.3, 0.4) is 0 Å². The van der Waals surface area contributed by atoms with Crippen molar-refractivity contribution in [2.45, 2.75) is 31.0 Å². The minimum atomic E-state index is -4.08. The highest BCUT2D eigenvalue weighted by Crippen LogP contribution is 2.35. The number of nitrogens with zero attached hydrogens (tertiary/aromatic N) is 2. The average molecular weight is 467 g/mol. The molecule has 0 unspecified atom stereocenters. The van der Waals surface area contributed by atoms with E-state index in [4.69, 9.17) is 30.5 Å². The molecular formula is C20H19ClN2O7S. The minimum absolute atomic E-state index is 0.00215. The zero-order chi connectivity index (χ0) is 22.4. The number of hydrogen-bond acceptors (Lipinski definition) is 8. The Morgan fingerprint density at radius 3 is 2.68 bits per heavy atom. The number of benzene rings is 1. The van der Waals surface area contributed by atoms with Crippen LogP contribution >= 0.6 is 11.6 Å². The van der Waals surface area contributed by atoms with Crippen LogP contribution in [0.5, 0.6) is 11.5 Å². The second-order valence-electron chi connectivity index (χ2n) is 7.25. The number of carbonyl (C=O) groups excluding carboxylic acids is 1. The Kier molecular flexibility index (Phi) is 5.32. The molecule has 0 radical (unpaired) electrons. The van der Waals surface area contributed by atoms with E-state index in [1.54, 1.807) is 12.1 Å². The maximum absolute atomic E-state index is 13.6. The van der Waals surface area contributed by atoms with Gasteiger partial charge in [0.25, 0.3) is 10.0 Å². The molecule has 1 aliphatic rings. The van der Waals surface area contributed by atoms with Gasteiger partial charge in [-0.2, -0.15) is 0 Å². The van der Waals surface area contributed by atoms with Crippen molar-refractivity contribution in [3.8, 4) is 11.5 Å². The van der Waals surface area contributed by atoms with E-state index in [2.05, 4.69) is 4.98 Å². The van der Waals surface area contributed by atoms with Gasteiger partial charge in [-0.1, -0.05) is 11.6 Å². The predicted molar refractivity (Wildman–Crippen MR) is 111 cm³/mol. The van der Waals surface area contributed by atoms with E-state index in [-0.39, 0.29) is 29.1 Å². The summed E-state index contributed by atoms with van der Waals surface area (Å²) in [4.78, 5) is 16.2. The van der Waals surface area contributed by atoms with E-state index >= 15 is 0 Å². The highest BCUT2D eigenvalue weighted by atomic mass is 35.5. The molecule has 0 amide bonds. The van der Waals surface area contributed by atoms with Gasteiger partial charge >= 0.3 is 5.97 Å². The van der Waals surface area contributed by atoms with Gasteiger partial charge in [0.05, 0.1) is 35.3 Å². The lowest BCUT2D eigenvalue weighted by Gasteiger charge is -2.22. The van der Waals surface area contributed by atoms with Crippen molar-refractivity contribution in [1.82, 2.24) is 8.96 Å². The maximum Gasteiger partial charge on any atom is 0.337 e. The Labute approximate surface area is 183 Å². The summed E-state index contributed by atoms with van der Waals surface area (Å²) >= 11 is 5.99. The lowest BCUT2D eigenvalue weighted by atomic mass is 10.1. The highest BCUT2D eigenvalue weighted by Gasteiger charge is 2.32. The van der Waals surface area contributed by atoms with Crippen LogP contribution in [0, 0.1) is 0 Å². The molecule has 0 atom stereocenters. The molecule has 2 aromatic heterocycles. The summed E-state index contributed by atoms with van der Waals surface area (Å²) in [7, 11) is -2.83. The van der Waals surface area contributed by atoms with Crippen molar-refractivity contribution in [3.63, 3.8) is 0 Å². The Morgan fingerprint density at radius 1 is 1.19 bits per heavy atom. The van der Waals surface area contributed by atoms with Crippen LogP contribution in [0.4, 0.5) is 0 Å². The largest absolute Gasteiger partial charge is 0.467 e. The van der Waals surface area contributed by atoms with Crippen molar-refractivity contribution >= 4 is 38.6 Å². The monoisotopic (exact) mass is 466 g/mol.